The number of phenols is 1. The van der Waals surface area contributed by atoms with Crippen LogP contribution in [0.3, 0.4) is 0 Å². The normalized spacial score (nSPS) is 16.3. The first-order chi connectivity index (χ1) is 15.0. The molecule has 1 amide bonds. The number of aromatic hydroxyl groups is 1. The van der Waals surface area contributed by atoms with Crippen molar-refractivity contribution >= 4 is 23.2 Å². The first-order valence-corrected chi connectivity index (χ1v) is 10.7. The van der Waals surface area contributed by atoms with Crippen LogP contribution in [0.15, 0.2) is 48.7 Å². The van der Waals surface area contributed by atoms with Crippen LogP contribution in [0.1, 0.15) is 19.3 Å². The van der Waals surface area contributed by atoms with E-state index in [4.69, 9.17) is 11.6 Å². The van der Waals surface area contributed by atoms with E-state index >= 15 is 0 Å². The Morgan fingerprint density at radius 2 is 2.00 bits per heavy atom. The summed E-state index contributed by atoms with van der Waals surface area (Å²) >= 11 is 6.14. The third kappa shape index (κ3) is 4.90. The SMILES string of the molecule is O=C(Nc1ccc(-c2cn(CCO)nc2-c2cc(Cl)ccc2O)cc1)[C@H]1CCCCN1. The average molecular weight is 441 g/mol. The molecule has 0 bridgehead atoms. The summed E-state index contributed by atoms with van der Waals surface area (Å²) in [6.07, 6.45) is 4.83. The Kier molecular flexibility index (Phi) is 6.56. The van der Waals surface area contributed by atoms with E-state index in [1.54, 1.807) is 16.8 Å². The number of halogens is 1. The second kappa shape index (κ2) is 9.51. The van der Waals surface area contributed by atoms with Gasteiger partial charge in [-0.2, -0.15) is 5.10 Å². The van der Waals surface area contributed by atoms with Crippen molar-refractivity contribution in [3.63, 3.8) is 0 Å². The van der Waals surface area contributed by atoms with E-state index in [1.807, 2.05) is 30.5 Å². The zero-order valence-corrected chi connectivity index (χ0v) is 17.8. The van der Waals surface area contributed by atoms with Gasteiger partial charge in [-0.15, -0.1) is 0 Å². The molecule has 7 nitrogen and oxygen atoms in total. The van der Waals surface area contributed by atoms with Gasteiger partial charge in [-0.1, -0.05) is 30.2 Å². The number of phenolic OH excluding ortho intramolecular Hbond substituents is 1. The molecule has 31 heavy (non-hydrogen) atoms. The van der Waals surface area contributed by atoms with Crippen LogP contribution in [-0.4, -0.2) is 45.1 Å². The zero-order chi connectivity index (χ0) is 21.8. The third-order valence-electron chi connectivity index (χ3n) is 5.39. The monoisotopic (exact) mass is 440 g/mol. The molecule has 0 unspecified atom stereocenters. The molecule has 8 heteroatoms. The molecular weight excluding hydrogens is 416 g/mol. The molecule has 0 saturated carbocycles. The molecule has 162 valence electrons. The third-order valence-corrected chi connectivity index (χ3v) is 5.63. The number of aliphatic hydroxyl groups is 1. The zero-order valence-electron chi connectivity index (χ0n) is 17.0. The van der Waals surface area contributed by atoms with Gasteiger partial charge in [0.2, 0.25) is 5.91 Å². The minimum absolute atomic E-state index is 0.0206. The number of carbonyl (C=O) groups is 1. The first kappa shape index (κ1) is 21.4. The number of amides is 1. The van der Waals surface area contributed by atoms with Gasteiger partial charge >= 0.3 is 0 Å². The van der Waals surface area contributed by atoms with Crippen LogP contribution in [-0.2, 0) is 11.3 Å². The van der Waals surface area contributed by atoms with Crippen LogP contribution in [0.5, 0.6) is 5.75 Å². The molecule has 2 aromatic carbocycles. The van der Waals surface area contributed by atoms with Crippen LogP contribution >= 0.6 is 11.6 Å². The number of nitrogens with zero attached hydrogens (tertiary/aromatic N) is 2. The fourth-order valence-electron chi connectivity index (χ4n) is 3.78. The molecule has 1 aromatic heterocycles. The highest BCUT2D eigenvalue weighted by Gasteiger charge is 2.21. The summed E-state index contributed by atoms with van der Waals surface area (Å²) in [4.78, 5) is 12.5. The summed E-state index contributed by atoms with van der Waals surface area (Å²) in [5.74, 6) is 0.0523. The van der Waals surface area contributed by atoms with Crippen molar-refractivity contribution in [2.75, 3.05) is 18.5 Å². The van der Waals surface area contributed by atoms with Gasteiger partial charge in [0, 0.05) is 28.0 Å². The average Bonchev–Trinajstić information content (AvgIpc) is 3.20. The Bertz CT molecular complexity index is 1060. The minimum Gasteiger partial charge on any atom is -0.507 e. The Morgan fingerprint density at radius 3 is 2.71 bits per heavy atom. The molecule has 1 saturated heterocycles. The van der Waals surface area contributed by atoms with Gasteiger partial charge in [0.15, 0.2) is 0 Å². The van der Waals surface area contributed by atoms with Crippen LogP contribution < -0.4 is 10.6 Å². The number of hydrogen-bond donors (Lipinski definition) is 4. The summed E-state index contributed by atoms with van der Waals surface area (Å²) in [6, 6.07) is 12.2. The number of hydrogen-bond acceptors (Lipinski definition) is 5. The largest absolute Gasteiger partial charge is 0.507 e. The smallest absolute Gasteiger partial charge is 0.241 e. The van der Waals surface area contributed by atoms with Crippen LogP contribution in [0.4, 0.5) is 5.69 Å². The highest BCUT2D eigenvalue weighted by Crippen LogP contribution is 2.37. The lowest BCUT2D eigenvalue weighted by molar-refractivity contribution is -0.118. The molecule has 0 spiro atoms. The Balaban J connectivity index is 1.61. The van der Waals surface area contributed by atoms with E-state index in [0.29, 0.717) is 22.8 Å². The number of piperidine rings is 1. The standard InChI is InChI=1S/C23H25ClN4O3/c24-16-6-9-21(30)18(13-16)22-19(14-28(27-22)11-12-29)15-4-7-17(8-5-15)26-23(31)20-3-1-2-10-25-20/h4-9,13-14,20,25,29-30H,1-3,10-12H2,(H,26,31)/t20-/m1/s1. The molecule has 2 heterocycles. The summed E-state index contributed by atoms with van der Waals surface area (Å²) in [5, 5.41) is 30.9. The predicted octanol–water partition coefficient (Wildman–Crippen LogP) is 3.65. The summed E-state index contributed by atoms with van der Waals surface area (Å²) < 4.78 is 1.63. The maximum Gasteiger partial charge on any atom is 0.241 e. The second-order valence-corrected chi connectivity index (χ2v) is 8.05. The van der Waals surface area contributed by atoms with Crippen molar-refractivity contribution in [1.29, 1.82) is 0 Å². The summed E-state index contributed by atoms with van der Waals surface area (Å²) in [6.45, 7) is 1.15. The number of carbonyl (C=O) groups excluding carboxylic acids is 1. The van der Waals surface area contributed by atoms with Crippen molar-refractivity contribution < 1.29 is 15.0 Å². The maximum atomic E-state index is 12.5. The van der Waals surface area contributed by atoms with Gasteiger partial charge < -0.3 is 20.8 Å². The highest BCUT2D eigenvalue weighted by atomic mass is 35.5. The molecule has 1 atom stereocenters. The summed E-state index contributed by atoms with van der Waals surface area (Å²) in [7, 11) is 0. The minimum atomic E-state index is -0.150. The molecule has 3 aromatic rings. The van der Waals surface area contributed by atoms with Crippen molar-refractivity contribution in [2.24, 2.45) is 0 Å². The topological polar surface area (TPSA) is 99.4 Å². The molecular formula is C23H25ClN4O3. The van der Waals surface area contributed by atoms with Gasteiger partial charge in [0.05, 0.1) is 19.2 Å². The molecule has 1 fully saturated rings. The number of aromatic nitrogens is 2. The van der Waals surface area contributed by atoms with Gasteiger partial charge in [0.25, 0.3) is 0 Å². The van der Waals surface area contributed by atoms with Crippen molar-refractivity contribution in [3.05, 3.63) is 53.7 Å². The van der Waals surface area contributed by atoms with Crippen molar-refractivity contribution in [2.45, 2.75) is 31.8 Å². The number of nitrogens with one attached hydrogen (secondary N) is 2. The van der Waals surface area contributed by atoms with E-state index in [2.05, 4.69) is 15.7 Å². The van der Waals surface area contributed by atoms with Gasteiger partial charge in [-0.05, 0) is 55.3 Å². The lowest BCUT2D eigenvalue weighted by Gasteiger charge is -2.22. The number of anilines is 1. The Morgan fingerprint density at radius 1 is 1.19 bits per heavy atom. The molecule has 0 radical (unpaired) electrons. The van der Waals surface area contributed by atoms with Crippen molar-refractivity contribution in [3.8, 4) is 28.1 Å². The van der Waals surface area contributed by atoms with Crippen LogP contribution in [0.25, 0.3) is 22.4 Å². The number of benzene rings is 2. The quantitative estimate of drug-likeness (QED) is 0.469. The van der Waals surface area contributed by atoms with E-state index in [0.717, 1.165) is 42.6 Å². The van der Waals surface area contributed by atoms with E-state index in [9.17, 15) is 15.0 Å². The van der Waals surface area contributed by atoms with Gasteiger partial charge in [-0.3, -0.25) is 9.48 Å². The molecule has 4 N–H and O–H groups in total. The summed E-state index contributed by atoms with van der Waals surface area (Å²) in [5.41, 5.74) is 3.46. The maximum absolute atomic E-state index is 12.5. The first-order valence-electron chi connectivity index (χ1n) is 10.4. The number of rotatable bonds is 6. The van der Waals surface area contributed by atoms with Crippen LogP contribution in [0, 0.1) is 0 Å². The molecule has 4 rings (SSSR count). The fraction of sp³-hybridized carbons (Fsp3) is 0.304. The lowest BCUT2D eigenvalue weighted by atomic mass is 10.0. The van der Waals surface area contributed by atoms with E-state index < -0.39 is 0 Å². The van der Waals surface area contributed by atoms with Gasteiger partial charge in [0.1, 0.15) is 11.4 Å². The second-order valence-electron chi connectivity index (χ2n) is 7.61. The molecule has 0 aliphatic carbocycles. The molecule has 1 aliphatic rings. The predicted molar refractivity (Wildman–Crippen MR) is 121 cm³/mol. The highest BCUT2D eigenvalue weighted by molar-refractivity contribution is 6.31. The lowest BCUT2D eigenvalue weighted by Crippen LogP contribution is -2.43. The fourth-order valence-corrected chi connectivity index (χ4v) is 3.96. The number of aliphatic hydroxyl groups excluding tert-OH is 1. The van der Waals surface area contributed by atoms with Crippen LogP contribution in [0.2, 0.25) is 5.02 Å². The van der Waals surface area contributed by atoms with Crippen molar-refractivity contribution in [1.82, 2.24) is 15.1 Å². The van der Waals surface area contributed by atoms with E-state index in [-0.39, 0.29) is 24.3 Å². The Hall–Kier alpha value is -2.87. The van der Waals surface area contributed by atoms with E-state index in [1.165, 1.54) is 6.07 Å². The Labute approximate surface area is 185 Å². The van der Waals surface area contributed by atoms with Gasteiger partial charge in [-0.25, -0.2) is 0 Å². The molecule has 1 aliphatic heterocycles.